The van der Waals surface area contributed by atoms with Crippen LogP contribution in [0.1, 0.15) is 21.0 Å². The second kappa shape index (κ2) is 7.47. The molecule has 0 spiro atoms. The van der Waals surface area contributed by atoms with Crippen LogP contribution in [0.3, 0.4) is 0 Å². The molecule has 0 aliphatic carbocycles. The lowest BCUT2D eigenvalue weighted by atomic mass is 10.1. The van der Waals surface area contributed by atoms with E-state index in [0.29, 0.717) is 18.7 Å². The Morgan fingerprint density at radius 3 is 2.75 bits per heavy atom. The number of aliphatic hydroxyl groups excluding tert-OH is 1. The molecule has 0 unspecified atom stereocenters. The summed E-state index contributed by atoms with van der Waals surface area (Å²) in [5, 5.41) is 11.3. The SMILES string of the molecule is Cc1ccc(-c2cccc(C(=O)N(CCO)Cc3cccs3)c2)o1. The predicted molar refractivity (Wildman–Crippen MR) is 95.0 cm³/mol. The number of amides is 1. The number of aryl methyl sites for hydroxylation is 1. The molecule has 124 valence electrons. The van der Waals surface area contributed by atoms with Gasteiger partial charge in [-0.3, -0.25) is 4.79 Å². The van der Waals surface area contributed by atoms with E-state index in [0.717, 1.165) is 22.0 Å². The molecule has 0 saturated carbocycles. The summed E-state index contributed by atoms with van der Waals surface area (Å²) in [6, 6.07) is 15.1. The Morgan fingerprint density at radius 1 is 1.21 bits per heavy atom. The number of rotatable bonds is 6. The highest BCUT2D eigenvalue weighted by molar-refractivity contribution is 7.09. The summed E-state index contributed by atoms with van der Waals surface area (Å²) in [5.41, 5.74) is 1.46. The largest absolute Gasteiger partial charge is 0.461 e. The average Bonchev–Trinajstić information content (AvgIpc) is 3.25. The molecule has 0 fully saturated rings. The Kier molecular flexibility index (Phi) is 5.13. The van der Waals surface area contributed by atoms with Crippen LogP contribution in [-0.4, -0.2) is 29.1 Å². The average molecular weight is 341 g/mol. The molecule has 3 rings (SSSR count). The molecule has 0 bridgehead atoms. The van der Waals surface area contributed by atoms with E-state index in [1.54, 1.807) is 22.3 Å². The van der Waals surface area contributed by atoms with Crippen LogP contribution >= 0.6 is 11.3 Å². The molecule has 4 nitrogen and oxygen atoms in total. The molecule has 3 aromatic rings. The van der Waals surface area contributed by atoms with Gasteiger partial charge in [0.05, 0.1) is 13.2 Å². The van der Waals surface area contributed by atoms with Gasteiger partial charge in [0, 0.05) is 22.5 Å². The minimum Gasteiger partial charge on any atom is -0.461 e. The molecule has 0 saturated heterocycles. The quantitative estimate of drug-likeness (QED) is 0.738. The zero-order valence-corrected chi connectivity index (χ0v) is 14.3. The van der Waals surface area contributed by atoms with Gasteiger partial charge in [-0.25, -0.2) is 0 Å². The van der Waals surface area contributed by atoms with Crippen molar-refractivity contribution in [3.05, 3.63) is 70.1 Å². The number of furan rings is 1. The smallest absolute Gasteiger partial charge is 0.254 e. The van der Waals surface area contributed by atoms with Crippen LogP contribution in [0.15, 0.2) is 58.3 Å². The van der Waals surface area contributed by atoms with Crippen molar-refractivity contribution in [1.82, 2.24) is 4.90 Å². The summed E-state index contributed by atoms with van der Waals surface area (Å²) < 4.78 is 5.63. The van der Waals surface area contributed by atoms with E-state index >= 15 is 0 Å². The Morgan fingerprint density at radius 2 is 2.08 bits per heavy atom. The molecule has 1 N–H and O–H groups in total. The van der Waals surface area contributed by atoms with Gasteiger partial charge in [0.15, 0.2) is 0 Å². The fourth-order valence-corrected chi connectivity index (χ4v) is 3.26. The Balaban J connectivity index is 1.84. The summed E-state index contributed by atoms with van der Waals surface area (Å²) in [6.45, 7) is 2.64. The van der Waals surface area contributed by atoms with E-state index in [9.17, 15) is 9.90 Å². The first-order chi connectivity index (χ1) is 11.7. The van der Waals surface area contributed by atoms with Crippen molar-refractivity contribution in [2.24, 2.45) is 0 Å². The van der Waals surface area contributed by atoms with Crippen LogP contribution in [0.4, 0.5) is 0 Å². The molecule has 1 amide bonds. The van der Waals surface area contributed by atoms with Gasteiger partial charge in [0.25, 0.3) is 5.91 Å². The maximum atomic E-state index is 12.8. The van der Waals surface area contributed by atoms with Gasteiger partial charge in [-0.1, -0.05) is 18.2 Å². The highest BCUT2D eigenvalue weighted by Gasteiger charge is 2.17. The zero-order valence-electron chi connectivity index (χ0n) is 13.4. The molecule has 0 aliphatic rings. The van der Waals surface area contributed by atoms with Crippen LogP contribution in [0.25, 0.3) is 11.3 Å². The summed E-state index contributed by atoms with van der Waals surface area (Å²) in [6.07, 6.45) is 0. The van der Waals surface area contributed by atoms with Gasteiger partial charge in [-0.05, 0) is 42.6 Å². The number of hydrogen-bond donors (Lipinski definition) is 1. The molecular formula is C19H19NO3S. The van der Waals surface area contributed by atoms with E-state index in [2.05, 4.69) is 0 Å². The molecule has 0 atom stereocenters. The third-order valence-electron chi connectivity index (χ3n) is 3.72. The minimum absolute atomic E-state index is 0.0613. The fourth-order valence-electron chi connectivity index (χ4n) is 2.54. The molecule has 24 heavy (non-hydrogen) atoms. The number of carbonyl (C=O) groups excluding carboxylic acids is 1. The molecule has 2 aromatic heterocycles. The van der Waals surface area contributed by atoms with Gasteiger partial charge < -0.3 is 14.4 Å². The number of hydrogen-bond acceptors (Lipinski definition) is 4. The van der Waals surface area contributed by atoms with Gasteiger partial charge in [0.2, 0.25) is 0 Å². The summed E-state index contributed by atoms with van der Waals surface area (Å²) in [5.74, 6) is 1.48. The zero-order chi connectivity index (χ0) is 16.9. The molecule has 5 heteroatoms. The van der Waals surface area contributed by atoms with Crippen LogP contribution in [0.5, 0.6) is 0 Å². The maximum absolute atomic E-state index is 12.8. The standard InChI is InChI=1S/C19H19NO3S/c1-14-7-8-18(23-14)15-4-2-5-16(12-15)19(22)20(9-10-21)13-17-6-3-11-24-17/h2-8,11-12,21H,9-10,13H2,1H3. The Labute approximate surface area is 145 Å². The summed E-state index contributed by atoms with van der Waals surface area (Å²) in [7, 11) is 0. The van der Waals surface area contributed by atoms with Crippen molar-refractivity contribution in [2.75, 3.05) is 13.2 Å². The Bertz CT molecular complexity index is 808. The third-order valence-corrected chi connectivity index (χ3v) is 4.58. The second-order valence-electron chi connectivity index (χ2n) is 5.52. The van der Waals surface area contributed by atoms with Crippen molar-refractivity contribution < 1.29 is 14.3 Å². The van der Waals surface area contributed by atoms with Crippen LogP contribution in [0, 0.1) is 6.92 Å². The first kappa shape index (κ1) is 16.5. The molecule has 1 aromatic carbocycles. The van der Waals surface area contributed by atoms with E-state index in [1.165, 1.54) is 0 Å². The van der Waals surface area contributed by atoms with Crippen LogP contribution in [-0.2, 0) is 6.54 Å². The number of carbonyl (C=O) groups is 1. The van der Waals surface area contributed by atoms with Crippen molar-refractivity contribution in [1.29, 1.82) is 0 Å². The molecule has 0 aliphatic heterocycles. The van der Waals surface area contributed by atoms with Gasteiger partial charge >= 0.3 is 0 Å². The monoisotopic (exact) mass is 341 g/mol. The summed E-state index contributed by atoms with van der Waals surface area (Å²) in [4.78, 5) is 15.6. The number of thiophene rings is 1. The molecule has 2 heterocycles. The lowest BCUT2D eigenvalue weighted by Crippen LogP contribution is -2.32. The topological polar surface area (TPSA) is 53.7 Å². The normalized spacial score (nSPS) is 10.8. The lowest BCUT2D eigenvalue weighted by molar-refractivity contribution is 0.0710. The first-order valence-electron chi connectivity index (χ1n) is 7.77. The van der Waals surface area contributed by atoms with E-state index in [-0.39, 0.29) is 12.5 Å². The Hall–Kier alpha value is -2.37. The number of nitrogens with zero attached hydrogens (tertiary/aromatic N) is 1. The number of benzene rings is 1. The third kappa shape index (κ3) is 3.75. The van der Waals surface area contributed by atoms with E-state index in [4.69, 9.17) is 4.42 Å². The van der Waals surface area contributed by atoms with Crippen LogP contribution in [0.2, 0.25) is 0 Å². The minimum atomic E-state index is -0.0948. The second-order valence-corrected chi connectivity index (χ2v) is 6.55. The van der Waals surface area contributed by atoms with Crippen molar-refractivity contribution in [2.45, 2.75) is 13.5 Å². The predicted octanol–water partition coefficient (Wildman–Crippen LogP) is 3.95. The van der Waals surface area contributed by atoms with Gasteiger partial charge in [-0.15, -0.1) is 11.3 Å². The van der Waals surface area contributed by atoms with Gasteiger partial charge in [-0.2, -0.15) is 0 Å². The molecular weight excluding hydrogens is 322 g/mol. The lowest BCUT2D eigenvalue weighted by Gasteiger charge is -2.21. The fraction of sp³-hybridized carbons (Fsp3) is 0.211. The summed E-state index contributed by atoms with van der Waals surface area (Å²) >= 11 is 1.60. The van der Waals surface area contributed by atoms with Crippen molar-refractivity contribution >= 4 is 17.2 Å². The highest BCUT2D eigenvalue weighted by Crippen LogP contribution is 2.24. The van der Waals surface area contributed by atoms with Gasteiger partial charge in [0.1, 0.15) is 11.5 Å². The van der Waals surface area contributed by atoms with E-state index in [1.807, 2.05) is 54.8 Å². The highest BCUT2D eigenvalue weighted by atomic mass is 32.1. The van der Waals surface area contributed by atoms with Crippen molar-refractivity contribution in [3.63, 3.8) is 0 Å². The number of aliphatic hydroxyl groups is 1. The van der Waals surface area contributed by atoms with E-state index < -0.39 is 0 Å². The van der Waals surface area contributed by atoms with Crippen molar-refractivity contribution in [3.8, 4) is 11.3 Å². The maximum Gasteiger partial charge on any atom is 0.254 e. The first-order valence-corrected chi connectivity index (χ1v) is 8.65. The molecule has 0 radical (unpaired) electrons. The van der Waals surface area contributed by atoms with Crippen LogP contribution < -0.4 is 0 Å².